The van der Waals surface area contributed by atoms with Crippen LogP contribution in [0, 0.1) is 15.9 Å². The fourth-order valence-electron chi connectivity index (χ4n) is 1.61. The summed E-state index contributed by atoms with van der Waals surface area (Å²) in [6.45, 7) is -0.283. The largest absolute Gasteiger partial charge is 0.369 e. The number of nitro groups is 1. The van der Waals surface area contributed by atoms with Gasteiger partial charge in [-0.15, -0.1) is 11.3 Å². The molecule has 0 saturated heterocycles. The summed E-state index contributed by atoms with van der Waals surface area (Å²) in [6, 6.07) is 9.24. The predicted molar refractivity (Wildman–Crippen MR) is 68.9 cm³/mol. The van der Waals surface area contributed by atoms with Gasteiger partial charge < -0.3 is 5.32 Å². The van der Waals surface area contributed by atoms with Gasteiger partial charge in [0.25, 0.3) is 0 Å². The Labute approximate surface area is 107 Å². The van der Waals surface area contributed by atoms with Gasteiger partial charge in [-0.25, -0.2) is 4.39 Å². The van der Waals surface area contributed by atoms with Crippen LogP contribution in [-0.2, 0) is 0 Å². The summed E-state index contributed by atoms with van der Waals surface area (Å²) in [4.78, 5) is 11.1. The summed E-state index contributed by atoms with van der Waals surface area (Å²) in [7, 11) is 0. The molecule has 0 spiro atoms. The highest BCUT2D eigenvalue weighted by molar-refractivity contribution is 7.10. The van der Waals surface area contributed by atoms with Crippen LogP contribution >= 0.6 is 11.3 Å². The van der Waals surface area contributed by atoms with Crippen LogP contribution in [0.3, 0.4) is 0 Å². The van der Waals surface area contributed by atoms with E-state index in [1.165, 1.54) is 17.4 Å². The molecular formula is C12H11FN2O2S. The molecule has 0 amide bonds. The lowest BCUT2D eigenvalue weighted by Crippen LogP contribution is -2.19. The number of benzene rings is 1. The quantitative estimate of drug-likeness (QED) is 0.667. The summed E-state index contributed by atoms with van der Waals surface area (Å²) in [5, 5.41) is 15.4. The Bertz CT molecular complexity index is 531. The molecule has 1 N–H and O–H groups in total. The Hall–Kier alpha value is -1.95. The number of rotatable bonds is 5. The first-order chi connectivity index (χ1) is 8.66. The molecule has 18 heavy (non-hydrogen) atoms. The molecule has 0 bridgehead atoms. The van der Waals surface area contributed by atoms with Crippen LogP contribution in [0.25, 0.3) is 0 Å². The smallest absolute Gasteiger partial charge is 0.228 e. The van der Waals surface area contributed by atoms with E-state index in [2.05, 4.69) is 5.32 Å². The number of nitrogens with one attached hydrogen (secondary N) is 1. The summed E-state index contributed by atoms with van der Waals surface area (Å²) in [6.07, 6.45) is 0. The van der Waals surface area contributed by atoms with Crippen molar-refractivity contribution in [2.45, 2.75) is 6.04 Å². The van der Waals surface area contributed by atoms with E-state index >= 15 is 0 Å². The van der Waals surface area contributed by atoms with E-state index in [9.17, 15) is 14.5 Å². The minimum atomic E-state index is -0.517. The van der Waals surface area contributed by atoms with Gasteiger partial charge in [-0.3, -0.25) is 10.1 Å². The van der Waals surface area contributed by atoms with Crippen LogP contribution < -0.4 is 5.32 Å². The van der Waals surface area contributed by atoms with E-state index in [0.29, 0.717) is 0 Å². The summed E-state index contributed by atoms with van der Waals surface area (Å²) < 4.78 is 13.5. The third-order valence-corrected chi connectivity index (χ3v) is 3.41. The van der Waals surface area contributed by atoms with E-state index in [-0.39, 0.29) is 12.2 Å². The highest BCUT2D eigenvalue weighted by Crippen LogP contribution is 2.25. The highest BCUT2D eigenvalue weighted by Gasteiger charge is 2.19. The second kappa shape index (κ2) is 5.59. The average molecular weight is 266 g/mol. The molecule has 1 unspecified atom stereocenters. The van der Waals surface area contributed by atoms with Crippen molar-refractivity contribution < 1.29 is 9.31 Å². The molecule has 94 valence electrons. The predicted octanol–water partition coefficient (Wildman–Crippen LogP) is 3.32. The van der Waals surface area contributed by atoms with Gasteiger partial charge in [-0.2, -0.15) is 0 Å². The molecule has 1 atom stereocenters. The first-order valence-corrected chi connectivity index (χ1v) is 6.21. The van der Waals surface area contributed by atoms with E-state index in [4.69, 9.17) is 0 Å². The molecule has 2 rings (SSSR count). The van der Waals surface area contributed by atoms with Crippen molar-refractivity contribution in [3.05, 3.63) is 62.6 Å². The number of hydrogen-bond donors (Lipinski definition) is 1. The third-order valence-electron chi connectivity index (χ3n) is 2.42. The molecule has 1 heterocycles. The number of anilines is 1. The van der Waals surface area contributed by atoms with Crippen LogP contribution in [0.1, 0.15) is 10.9 Å². The molecule has 0 aliphatic heterocycles. The van der Waals surface area contributed by atoms with Gasteiger partial charge in [0.15, 0.2) is 0 Å². The Kier molecular flexibility index (Phi) is 3.88. The van der Waals surface area contributed by atoms with Crippen molar-refractivity contribution in [1.82, 2.24) is 0 Å². The molecule has 0 aliphatic carbocycles. The first kappa shape index (κ1) is 12.5. The van der Waals surface area contributed by atoms with E-state index in [1.807, 2.05) is 11.4 Å². The molecule has 4 nitrogen and oxygen atoms in total. The Morgan fingerprint density at radius 1 is 1.33 bits per heavy atom. The van der Waals surface area contributed by atoms with Crippen molar-refractivity contribution in [2.75, 3.05) is 11.9 Å². The number of nitrogens with zero attached hydrogens (tertiary/aromatic N) is 1. The SMILES string of the molecule is O=[N+]([O-])CC(Nc1ccccc1F)c1cccs1. The van der Waals surface area contributed by atoms with Gasteiger partial charge in [0.05, 0.1) is 5.69 Å². The van der Waals surface area contributed by atoms with Gasteiger partial charge in [0, 0.05) is 9.80 Å². The average Bonchev–Trinajstić information content (AvgIpc) is 2.84. The highest BCUT2D eigenvalue weighted by atomic mass is 32.1. The van der Waals surface area contributed by atoms with Gasteiger partial charge in [0.2, 0.25) is 6.54 Å². The fraction of sp³-hybridized carbons (Fsp3) is 0.167. The Morgan fingerprint density at radius 2 is 2.11 bits per heavy atom. The Morgan fingerprint density at radius 3 is 2.72 bits per heavy atom. The molecule has 0 aliphatic rings. The van der Waals surface area contributed by atoms with Crippen molar-refractivity contribution >= 4 is 17.0 Å². The second-order valence-corrected chi connectivity index (χ2v) is 4.69. The van der Waals surface area contributed by atoms with Crippen LogP contribution in [0.2, 0.25) is 0 Å². The van der Waals surface area contributed by atoms with Gasteiger partial charge in [-0.05, 0) is 23.6 Å². The number of thiophene rings is 1. The minimum Gasteiger partial charge on any atom is -0.369 e. The summed E-state index contributed by atoms with van der Waals surface area (Å²) >= 11 is 1.41. The molecule has 0 saturated carbocycles. The molecule has 1 aromatic heterocycles. The van der Waals surface area contributed by atoms with Crippen LogP contribution in [-0.4, -0.2) is 11.5 Å². The number of para-hydroxylation sites is 1. The second-order valence-electron chi connectivity index (χ2n) is 3.71. The normalized spacial score (nSPS) is 12.1. The first-order valence-electron chi connectivity index (χ1n) is 5.33. The zero-order valence-electron chi connectivity index (χ0n) is 9.38. The van der Waals surface area contributed by atoms with Gasteiger partial charge >= 0.3 is 0 Å². The standard InChI is InChI=1S/C12H11FN2O2S/c13-9-4-1-2-5-10(9)14-11(8-15(16)17)12-6-3-7-18-12/h1-7,11,14H,8H2. The zero-order chi connectivity index (χ0) is 13.0. The lowest BCUT2D eigenvalue weighted by atomic mass is 10.2. The lowest BCUT2D eigenvalue weighted by Gasteiger charge is -2.15. The van der Waals surface area contributed by atoms with Crippen LogP contribution in [0.15, 0.2) is 41.8 Å². The van der Waals surface area contributed by atoms with Crippen LogP contribution in [0.5, 0.6) is 0 Å². The maximum Gasteiger partial charge on any atom is 0.228 e. The fourth-order valence-corrected chi connectivity index (χ4v) is 2.38. The lowest BCUT2D eigenvalue weighted by molar-refractivity contribution is -0.482. The zero-order valence-corrected chi connectivity index (χ0v) is 10.2. The molecule has 1 aromatic carbocycles. The third kappa shape index (κ3) is 3.04. The molecule has 0 fully saturated rings. The monoisotopic (exact) mass is 266 g/mol. The molecule has 6 heteroatoms. The minimum absolute atomic E-state index is 0.276. The van der Waals surface area contributed by atoms with Crippen molar-refractivity contribution in [1.29, 1.82) is 0 Å². The van der Waals surface area contributed by atoms with Gasteiger partial charge in [-0.1, -0.05) is 18.2 Å². The number of halogens is 1. The van der Waals surface area contributed by atoms with Crippen molar-refractivity contribution in [3.63, 3.8) is 0 Å². The van der Waals surface area contributed by atoms with E-state index in [1.54, 1.807) is 24.3 Å². The molecule has 2 aromatic rings. The summed E-state index contributed by atoms with van der Waals surface area (Å²) in [5.41, 5.74) is 0.276. The van der Waals surface area contributed by atoms with E-state index < -0.39 is 16.8 Å². The van der Waals surface area contributed by atoms with Crippen molar-refractivity contribution in [2.24, 2.45) is 0 Å². The maximum absolute atomic E-state index is 13.5. The molecular weight excluding hydrogens is 255 g/mol. The molecule has 0 radical (unpaired) electrons. The Balaban J connectivity index is 2.20. The number of hydrogen-bond acceptors (Lipinski definition) is 4. The van der Waals surface area contributed by atoms with E-state index in [0.717, 1.165) is 4.88 Å². The topological polar surface area (TPSA) is 55.2 Å². The van der Waals surface area contributed by atoms with Crippen LogP contribution in [0.4, 0.5) is 10.1 Å². The maximum atomic E-state index is 13.5. The van der Waals surface area contributed by atoms with Gasteiger partial charge in [0.1, 0.15) is 11.9 Å². The summed E-state index contributed by atoms with van der Waals surface area (Å²) in [5.74, 6) is -0.414. The van der Waals surface area contributed by atoms with Crippen molar-refractivity contribution in [3.8, 4) is 0 Å².